The lowest BCUT2D eigenvalue weighted by molar-refractivity contribution is 0.158. The zero-order valence-corrected chi connectivity index (χ0v) is 27.6. The Balaban J connectivity index is 0.000000520. The number of hydrogen-bond donors (Lipinski definition) is 0. The number of ether oxygens (including phenoxy) is 4. The third kappa shape index (κ3) is 9.24. The van der Waals surface area contributed by atoms with E-state index in [1.165, 1.54) is 28.8 Å². The highest BCUT2D eigenvalue weighted by molar-refractivity contribution is 7.95. The number of benzene rings is 3. The molecule has 0 amide bonds. The van der Waals surface area contributed by atoms with Gasteiger partial charge in [0.1, 0.15) is 5.82 Å². The average molecular weight is 620 g/mol. The molecule has 1 unspecified atom stereocenters. The highest BCUT2D eigenvalue weighted by Gasteiger charge is 2.35. The monoisotopic (exact) mass is 619 g/mol. The molecule has 43 heavy (non-hydrogen) atoms. The second-order valence-corrected chi connectivity index (χ2v) is 10.0. The number of halogens is 2. The van der Waals surface area contributed by atoms with Crippen molar-refractivity contribution in [2.24, 2.45) is 0 Å². The van der Waals surface area contributed by atoms with Crippen molar-refractivity contribution in [1.29, 1.82) is 0 Å². The van der Waals surface area contributed by atoms with Gasteiger partial charge in [-0.15, -0.1) is 0 Å². The van der Waals surface area contributed by atoms with E-state index in [0.717, 1.165) is 73.8 Å². The van der Waals surface area contributed by atoms with Crippen LogP contribution >= 0.6 is 12.0 Å². The van der Waals surface area contributed by atoms with Gasteiger partial charge in [0.05, 0.1) is 31.2 Å². The Morgan fingerprint density at radius 3 is 2.30 bits per heavy atom. The van der Waals surface area contributed by atoms with Gasteiger partial charge in [-0.2, -0.15) is 0 Å². The van der Waals surface area contributed by atoms with Crippen molar-refractivity contribution in [2.45, 2.75) is 71.4 Å². The van der Waals surface area contributed by atoms with E-state index in [4.69, 9.17) is 23.1 Å². The molecular formula is C34H47F2NO5S. The molecule has 9 heteroatoms. The molecule has 1 atom stereocenters. The molecule has 0 fully saturated rings. The van der Waals surface area contributed by atoms with E-state index in [-0.39, 0.29) is 5.82 Å². The van der Waals surface area contributed by atoms with Crippen LogP contribution in [-0.2, 0) is 24.1 Å². The van der Waals surface area contributed by atoms with Crippen LogP contribution in [0.3, 0.4) is 0 Å². The molecule has 0 bridgehead atoms. The van der Waals surface area contributed by atoms with Crippen molar-refractivity contribution in [2.75, 3.05) is 41.3 Å². The average Bonchev–Trinajstić information content (AvgIpc) is 3.53. The van der Waals surface area contributed by atoms with Gasteiger partial charge < -0.3 is 23.1 Å². The molecule has 0 N–H and O–H groups in total. The number of methoxy groups -OCH3 is 2. The second-order valence-electron chi connectivity index (χ2n) is 9.20. The Morgan fingerprint density at radius 1 is 0.953 bits per heavy atom. The molecule has 3 heterocycles. The Hall–Kier alpha value is -3.01. The van der Waals surface area contributed by atoms with Gasteiger partial charge in [-0.3, -0.25) is 9.29 Å². The van der Waals surface area contributed by atoms with Crippen LogP contribution in [0.2, 0.25) is 0 Å². The van der Waals surface area contributed by atoms with E-state index in [2.05, 4.69) is 30.0 Å². The summed E-state index contributed by atoms with van der Waals surface area (Å²) >= 11 is 1.13. The third-order valence-corrected chi connectivity index (χ3v) is 7.54. The Bertz CT molecular complexity index is 1260. The molecule has 6 nitrogen and oxygen atoms in total. The van der Waals surface area contributed by atoms with Crippen LogP contribution in [0.4, 0.5) is 8.78 Å². The highest BCUT2D eigenvalue weighted by atomic mass is 32.2. The Kier molecular flexibility index (Phi) is 16.2. The summed E-state index contributed by atoms with van der Waals surface area (Å²) in [4.78, 5) is 3.20. The molecule has 0 spiro atoms. The summed E-state index contributed by atoms with van der Waals surface area (Å²) in [7, 11) is 3.89. The molecule has 3 aliphatic heterocycles. The molecule has 6 rings (SSSR count). The van der Waals surface area contributed by atoms with E-state index in [9.17, 15) is 8.78 Å². The quantitative estimate of drug-likeness (QED) is 0.255. The predicted octanol–water partition coefficient (Wildman–Crippen LogP) is 8.99. The second kappa shape index (κ2) is 19.3. The molecule has 3 aromatic carbocycles. The highest BCUT2D eigenvalue weighted by Crippen LogP contribution is 2.47. The van der Waals surface area contributed by atoms with Gasteiger partial charge in [0.2, 0.25) is 6.79 Å². The first-order valence-electron chi connectivity index (χ1n) is 14.9. The van der Waals surface area contributed by atoms with Gasteiger partial charge in [0.15, 0.2) is 23.0 Å². The molecule has 3 aromatic rings. The summed E-state index contributed by atoms with van der Waals surface area (Å²) in [5.41, 5.74) is 5.09. The van der Waals surface area contributed by atoms with E-state index >= 15 is 0 Å². The topological polar surface area (TPSA) is 49.4 Å². The summed E-state index contributed by atoms with van der Waals surface area (Å²) in [6, 6.07) is 15.0. The molecule has 0 aromatic heterocycles. The minimum atomic E-state index is -0.282. The SMILES string of the molecule is CC.CC.CCCOC.CF.COc1c(OSc2cccc(F)c2)ccc2c1CN1CCc3cc4c(cc3C1C2)OCO4. The maximum absolute atomic E-state index is 13.5. The fourth-order valence-electron chi connectivity index (χ4n) is 5.10. The van der Waals surface area contributed by atoms with Crippen molar-refractivity contribution >= 4 is 12.0 Å². The number of alkyl halides is 1. The summed E-state index contributed by atoms with van der Waals surface area (Å²) in [5, 5.41) is 0. The van der Waals surface area contributed by atoms with Gasteiger partial charge in [0.25, 0.3) is 0 Å². The van der Waals surface area contributed by atoms with Gasteiger partial charge in [-0.1, -0.05) is 46.8 Å². The van der Waals surface area contributed by atoms with E-state index < -0.39 is 0 Å². The smallest absolute Gasteiger partial charge is 0.231 e. The minimum absolute atomic E-state index is 0.282. The van der Waals surface area contributed by atoms with Crippen molar-refractivity contribution < 1.29 is 31.9 Å². The Labute approximate surface area is 260 Å². The molecule has 0 radical (unpaired) electrons. The molecule has 0 saturated carbocycles. The standard InChI is InChI=1S/C25H22FNO4S.C4H10O.2C2H6.CH3F/c1-28-25-20-13-27-8-7-16-10-23-24(30-14-29-23)12-19(16)21(27)9-15(20)5-6-22(25)31-32-18-4-2-3-17(26)11-18;1-3-4-5-2;3*1-2/h2-6,10-12,21H,7-9,13-14H2,1H3;3-4H2,1-2H3;2*1-2H3;1H3. The van der Waals surface area contributed by atoms with Crippen LogP contribution in [0.25, 0.3) is 0 Å². The fourth-order valence-corrected chi connectivity index (χ4v) is 5.71. The van der Waals surface area contributed by atoms with Crippen LogP contribution in [0.15, 0.2) is 53.4 Å². The molecule has 0 saturated heterocycles. The molecular weight excluding hydrogens is 572 g/mol. The van der Waals surface area contributed by atoms with Gasteiger partial charge in [-0.05, 0) is 72.4 Å². The molecule has 0 aliphatic carbocycles. The largest absolute Gasteiger partial charge is 0.492 e. The number of fused-ring (bicyclic) bond motifs is 5. The maximum Gasteiger partial charge on any atom is 0.231 e. The van der Waals surface area contributed by atoms with Crippen LogP contribution < -0.4 is 18.4 Å². The maximum atomic E-state index is 13.5. The first kappa shape index (κ1) is 36.2. The number of hydrogen-bond acceptors (Lipinski definition) is 7. The van der Waals surface area contributed by atoms with Crippen LogP contribution in [0.1, 0.15) is 69.3 Å². The first-order chi connectivity index (χ1) is 21.1. The lowest BCUT2D eigenvalue weighted by Gasteiger charge is -2.42. The summed E-state index contributed by atoms with van der Waals surface area (Å²) in [5.74, 6) is 2.82. The van der Waals surface area contributed by atoms with E-state index in [0.29, 0.717) is 30.7 Å². The van der Waals surface area contributed by atoms with E-state index in [1.54, 1.807) is 20.3 Å². The van der Waals surface area contributed by atoms with Crippen molar-refractivity contribution in [3.8, 4) is 23.0 Å². The lowest BCUT2D eigenvalue weighted by Crippen LogP contribution is -2.39. The van der Waals surface area contributed by atoms with Crippen LogP contribution in [0.5, 0.6) is 23.0 Å². The summed E-state index contributed by atoms with van der Waals surface area (Å²) in [6.45, 7) is 13.0. The molecule has 238 valence electrons. The lowest BCUT2D eigenvalue weighted by atomic mass is 9.83. The van der Waals surface area contributed by atoms with Gasteiger partial charge in [0, 0.05) is 38.4 Å². The van der Waals surface area contributed by atoms with E-state index in [1.807, 2.05) is 39.8 Å². The fraction of sp³-hybridized carbons (Fsp3) is 0.471. The zero-order valence-electron chi connectivity index (χ0n) is 26.8. The van der Waals surface area contributed by atoms with Crippen LogP contribution in [-0.4, -0.2) is 46.2 Å². The van der Waals surface area contributed by atoms with Crippen molar-refractivity contribution in [3.05, 3.63) is 76.6 Å². The van der Waals surface area contributed by atoms with Gasteiger partial charge in [-0.25, -0.2) is 4.39 Å². The Morgan fingerprint density at radius 2 is 1.67 bits per heavy atom. The number of nitrogens with zero attached hydrogens (tertiary/aromatic N) is 1. The minimum Gasteiger partial charge on any atom is -0.492 e. The van der Waals surface area contributed by atoms with Crippen molar-refractivity contribution in [3.63, 3.8) is 0 Å². The predicted molar refractivity (Wildman–Crippen MR) is 171 cm³/mol. The normalized spacial score (nSPS) is 15.2. The first-order valence-corrected chi connectivity index (χ1v) is 15.7. The third-order valence-electron chi connectivity index (χ3n) is 6.83. The summed E-state index contributed by atoms with van der Waals surface area (Å²) in [6.07, 6.45) is 3.00. The number of rotatable bonds is 6. The molecule has 3 aliphatic rings. The summed E-state index contributed by atoms with van der Waals surface area (Å²) < 4.78 is 50.6. The van der Waals surface area contributed by atoms with Gasteiger partial charge >= 0.3 is 0 Å². The van der Waals surface area contributed by atoms with Crippen molar-refractivity contribution in [1.82, 2.24) is 4.90 Å². The van der Waals surface area contributed by atoms with Crippen LogP contribution in [0, 0.1) is 5.82 Å². The zero-order chi connectivity index (χ0) is 31.8.